The molecular formula is C24H20ClN5OS. The zero-order valence-corrected chi connectivity index (χ0v) is 19.1. The van der Waals surface area contributed by atoms with E-state index in [0.29, 0.717) is 22.0 Å². The van der Waals surface area contributed by atoms with Gasteiger partial charge in [-0.15, -0.1) is 11.3 Å². The van der Waals surface area contributed by atoms with Crippen LogP contribution in [0.1, 0.15) is 27.7 Å². The molecule has 160 valence electrons. The molecule has 1 N–H and O–H groups in total. The number of aromatic nitrogens is 3. The third kappa shape index (κ3) is 4.72. The fourth-order valence-corrected chi connectivity index (χ4v) is 4.54. The van der Waals surface area contributed by atoms with E-state index in [1.165, 1.54) is 11.3 Å². The molecule has 1 atom stereocenters. The predicted molar refractivity (Wildman–Crippen MR) is 127 cm³/mol. The standard InChI is InChI=1S/C24H20ClN5OS/c1-15-7-9-27-13-19(15)22-5-6-23(32-22)24(31)28-16(2)14-30-10-8-21(29-30)17-3-4-18(12-26)20(25)11-17/h3-11,13,16H,14H2,1-2H3,(H,28,31). The summed E-state index contributed by atoms with van der Waals surface area (Å²) < 4.78 is 1.78. The molecule has 1 amide bonds. The van der Waals surface area contributed by atoms with E-state index in [2.05, 4.69) is 21.5 Å². The van der Waals surface area contributed by atoms with Crippen LogP contribution in [0.15, 0.2) is 61.1 Å². The summed E-state index contributed by atoms with van der Waals surface area (Å²) in [4.78, 5) is 18.6. The molecule has 32 heavy (non-hydrogen) atoms. The first-order chi connectivity index (χ1) is 15.4. The number of thiophene rings is 1. The van der Waals surface area contributed by atoms with Crippen LogP contribution >= 0.6 is 22.9 Å². The number of hydrogen-bond acceptors (Lipinski definition) is 5. The molecular weight excluding hydrogens is 442 g/mol. The maximum atomic E-state index is 12.7. The Hall–Kier alpha value is -3.47. The summed E-state index contributed by atoms with van der Waals surface area (Å²) in [5, 5.41) is 17.0. The Bertz CT molecular complexity index is 1320. The lowest BCUT2D eigenvalue weighted by Gasteiger charge is -2.13. The van der Waals surface area contributed by atoms with Gasteiger partial charge in [-0.3, -0.25) is 14.5 Å². The molecule has 3 aromatic heterocycles. The van der Waals surface area contributed by atoms with Crippen LogP contribution in [0.25, 0.3) is 21.7 Å². The Morgan fingerprint density at radius 1 is 1.28 bits per heavy atom. The summed E-state index contributed by atoms with van der Waals surface area (Å²) in [6.07, 6.45) is 5.44. The van der Waals surface area contributed by atoms with Crippen molar-refractivity contribution in [1.82, 2.24) is 20.1 Å². The van der Waals surface area contributed by atoms with Crippen LogP contribution < -0.4 is 5.32 Å². The number of nitriles is 1. The highest BCUT2D eigenvalue weighted by Gasteiger charge is 2.15. The van der Waals surface area contributed by atoms with Gasteiger partial charge in [0.2, 0.25) is 0 Å². The largest absolute Gasteiger partial charge is 0.347 e. The van der Waals surface area contributed by atoms with Gasteiger partial charge in [-0.05, 0) is 55.8 Å². The number of pyridine rings is 1. The number of rotatable bonds is 6. The molecule has 0 fully saturated rings. The molecule has 1 aromatic carbocycles. The topological polar surface area (TPSA) is 83.6 Å². The maximum Gasteiger partial charge on any atom is 0.261 e. The summed E-state index contributed by atoms with van der Waals surface area (Å²) >= 11 is 7.58. The van der Waals surface area contributed by atoms with Crippen molar-refractivity contribution in [1.29, 1.82) is 5.26 Å². The van der Waals surface area contributed by atoms with Gasteiger partial charge >= 0.3 is 0 Å². The van der Waals surface area contributed by atoms with Gasteiger partial charge in [0.25, 0.3) is 5.91 Å². The number of carbonyl (C=O) groups is 1. The highest BCUT2D eigenvalue weighted by atomic mass is 35.5. The number of amides is 1. The molecule has 3 heterocycles. The Labute approximate surface area is 195 Å². The second kappa shape index (κ2) is 9.35. The van der Waals surface area contributed by atoms with Crippen LogP contribution in [-0.4, -0.2) is 26.7 Å². The highest BCUT2D eigenvalue weighted by molar-refractivity contribution is 7.17. The minimum atomic E-state index is -0.120. The molecule has 4 rings (SSSR count). The zero-order chi connectivity index (χ0) is 22.7. The number of benzene rings is 1. The van der Waals surface area contributed by atoms with Crippen molar-refractivity contribution in [3.63, 3.8) is 0 Å². The van der Waals surface area contributed by atoms with E-state index in [4.69, 9.17) is 16.9 Å². The molecule has 0 aliphatic heterocycles. The maximum absolute atomic E-state index is 12.7. The van der Waals surface area contributed by atoms with E-state index in [0.717, 1.165) is 27.3 Å². The van der Waals surface area contributed by atoms with Gasteiger partial charge in [0.15, 0.2) is 0 Å². The SMILES string of the molecule is Cc1ccncc1-c1ccc(C(=O)NC(C)Cn2ccc(-c3ccc(C#N)c(Cl)c3)n2)s1. The minimum Gasteiger partial charge on any atom is -0.347 e. The van der Waals surface area contributed by atoms with E-state index in [-0.39, 0.29) is 11.9 Å². The average molecular weight is 462 g/mol. The third-order valence-electron chi connectivity index (χ3n) is 5.00. The van der Waals surface area contributed by atoms with E-state index < -0.39 is 0 Å². The van der Waals surface area contributed by atoms with E-state index in [9.17, 15) is 4.79 Å². The molecule has 0 bridgehead atoms. The van der Waals surface area contributed by atoms with Crippen molar-refractivity contribution in [3.05, 3.63) is 82.1 Å². The van der Waals surface area contributed by atoms with Crippen molar-refractivity contribution in [3.8, 4) is 27.8 Å². The lowest BCUT2D eigenvalue weighted by molar-refractivity contribution is 0.0940. The van der Waals surface area contributed by atoms with Gasteiger partial charge in [0.1, 0.15) is 6.07 Å². The third-order valence-corrected chi connectivity index (χ3v) is 6.43. The molecule has 6 nitrogen and oxygen atoms in total. The molecule has 8 heteroatoms. The molecule has 0 saturated heterocycles. The van der Waals surface area contributed by atoms with Crippen LogP contribution in [0.2, 0.25) is 5.02 Å². The van der Waals surface area contributed by atoms with Crippen LogP contribution in [-0.2, 0) is 6.54 Å². The number of nitrogens with one attached hydrogen (secondary N) is 1. The number of hydrogen-bond donors (Lipinski definition) is 1. The van der Waals surface area contributed by atoms with Crippen LogP contribution in [0.5, 0.6) is 0 Å². The smallest absolute Gasteiger partial charge is 0.261 e. The Kier molecular flexibility index (Phi) is 6.35. The Balaban J connectivity index is 1.40. The normalized spacial score (nSPS) is 11.7. The van der Waals surface area contributed by atoms with Crippen molar-refractivity contribution in [2.24, 2.45) is 0 Å². The number of carbonyl (C=O) groups excluding carboxylic acids is 1. The lowest BCUT2D eigenvalue weighted by Crippen LogP contribution is -2.35. The second-order valence-electron chi connectivity index (χ2n) is 7.46. The van der Waals surface area contributed by atoms with Crippen molar-refractivity contribution in [2.45, 2.75) is 26.4 Å². The molecule has 0 aliphatic carbocycles. The molecule has 4 aromatic rings. The lowest BCUT2D eigenvalue weighted by atomic mass is 10.1. The minimum absolute atomic E-state index is 0.110. The Morgan fingerprint density at radius 3 is 2.88 bits per heavy atom. The van der Waals surface area contributed by atoms with Gasteiger partial charge in [0, 0.05) is 40.6 Å². The fraction of sp³-hybridized carbons (Fsp3) is 0.167. The summed E-state index contributed by atoms with van der Waals surface area (Å²) in [6.45, 7) is 4.50. The first kappa shape index (κ1) is 21.8. The number of nitrogens with zero attached hydrogens (tertiary/aromatic N) is 4. The second-order valence-corrected chi connectivity index (χ2v) is 8.95. The van der Waals surface area contributed by atoms with E-state index in [1.807, 2.05) is 56.6 Å². The molecule has 1 unspecified atom stereocenters. The predicted octanol–water partition coefficient (Wildman–Crippen LogP) is 5.33. The quantitative estimate of drug-likeness (QED) is 0.421. The zero-order valence-electron chi connectivity index (χ0n) is 17.5. The molecule has 0 spiro atoms. The summed E-state index contributed by atoms with van der Waals surface area (Å²) in [5.41, 5.74) is 4.18. The van der Waals surface area contributed by atoms with Crippen molar-refractivity contribution in [2.75, 3.05) is 0 Å². The van der Waals surface area contributed by atoms with E-state index >= 15 is 0 Å². The van der Waals surface area contributed by atoms with Gasteiger partial charge in [-0.2, -0.15) is 10.4 Å². The fourth-order valence-electron chi connectivity index (χ4n) is 3.33. The van der Waals surface area contributed by atoms with Gasteiger partial charge in [-0.1, -0.05) is 17.7 Å². The molecule has 0 aliphatic rings. The summed E-state index contributed by atoms with van der Waals surface area (Å²) in [5.74, 6) is -0.110. The monoisotopic (exact) mass is 461 g/mol. The van der Waals surface area contributed by atoms with Crippen molar-refractivity contribution < 1.29 is 4.79 Å². The van der Waals surface area contributed by atoms with Crippen LogP contribution in [0.3, 0.4) is 0 Å². The highest BCUT2D eigenvalue weighted by Crippen LogP contribution is 2.30. The number of aryl methyl sites for hydroxylation is 1. The first-order valence-corrected chi connectivity index (χ1v) is 11.2. The average Bonchev–Trinajstić information content (AvgIpc) is 3.44. The van der Waals surface area contributed by atoms with Gasteiger partial charge < -0.3 is 5.32 Å². The molecule has 0 radical (unpaired) electrons. The van der Waals surface area contributed by atoms with Crippen molar-refractivity contribution >= 4 is 28.8 Å². The first-order valence-electron chi connectivity index (χ1n) is 10.00. The molecule has 0 saturated carbocycles. The van der Waals surface area contributed by atoms with Crippen LogP contribution in [0.4, 0.5) is 0 Å². The Morgan fingerprint density at radius 2 is 2.12 bits per heavy atom. The van der Waals surface area contributed by atoms with Gasteiger partial charge in [-0.25, -0.2) is 0 Å². The van der Waals surface area contributed by atoms with E-state index in [1.54, 1.807) is 23.0 Å². The summed E-state index contributed by atoms with van der Waals surface area (Å²) in [6, 6.07) is 14.8. The summed E-state index contributed by atoms with van der Waals surface area (Å²) in [7, 11) is 0. The van der Waals surface area contributed by atoms with Gasteiger partial charge in [0.05, 0.1) is 27.7 Å². The number of halogens is 1. The van der Waals surface area contributed by atoms with Crippen LogP contribution in [0, 0.1) is 18.3 Å².